The first-order chi connectivity index (χ1) is 10.2. The summed E-state index contributed by atoms with van der Waals surface area (Å²) in [5.41, 5.74) is 5.68. The third-order valence-electron chi connectivity index (χ3n) is 3.37. The normalized spacial score (nSPS) is 10.6. The molecule has 1 N–H and O–H groups in total. The van der Waals surface area contributed by atoms with Gasteiger partial charge in [0.05, 0.1) is 0 Å². The minimum absolute atomic E-state index is 1.07. The van der Waals surface area contributed by atoms with Crippen LogP contribution in [0, 0.1) is 19.3 Å². The van der Waals surface area contributed by atoms with Crippen LogP contribution in [0.5, 0.6) is 0 Å². The van der Waals surface area contributed by atoms with Gasteiger partial charge in [-0.2, -0.15) is 0 Å². The summed E-state index contributed by atoms with van der Waals surface area (Å²) in [6.45, 7) is 8.11. The fourth-order valence-electron chi connectivity index (χ4n) is 2.20. The molecule has 0 saturated carbocycles. The molecular weight excluding hydrogens is 256 g/mol. The molecule has 0 amide bonds. The second-order valence-corrected chi connectivity index (χ2v) is 4.96. The third-order valence-corrected chi connectivity index (χ3v) is 3.37. The van der Waals surface area contributed by atoms with E-state index in [4.69, 9.17) is 5.41 Å². The van der Waals surface area contributed by atoms with Crippen LogP contribution in [0.4, 0.5) is 11.4 Å². The molecule has 0 saturated heterocycles. The first kappa shape index (κ1) is 14.8. The Morgan fingerprint density at radius 3 is 2.38 bits per heavy atom. The van der Waals surface area contributed by atoms with Gasteiger partial charge in [0, 0.05) is 23.8 Å². The van der Waals surface area contributed by atoms with Crippen molar-refractivity contribution in [1.82, 2.24) is 0 Å². The van der Waals surface area contributed by atoms with Crippen molar-refractivity contribution in [2.24, 2.45) is 0 Å². The Labute approximate surface area is 126 Å². The molecular formula is C19H20N2. The highest BCUT2D eigenvalue weighted by molar-refractivity contribution is 5.78. The quantitative estimate of drug-likeness (QED) is 0.742. The standard InChI is InChI=1S/C19H20N2/c1-4-21(18-11-7-15(2)8-12-18)19-14-17(6-5-13-20)10-9-16(19)3/h4-14,20H,1H2,2-3H3/b6-5+,20-13?. The lowest BCUT2D eigenvalue weighted by Crippen LogP contribution is -2.09. The number of hydrogen-bond acceptors (Lipinski definition) is 2. The molecule has 0 aliphatic heterocycles. The Bertz CT molecular complexity index is 666. The number of allylic oxidation sites excluding steroid dienone is 1. The van der Waals surface area contributed by atoms with Gasteiger partial charge in [-0.25, -0.2) is 0 Å². The Morgan fingerprint density at radius 2 is 1.76 bits per heavy atom. The van der Waals surface area contributed by atoms with Crippen LogP contribution in [0.1, 0.15) is 16.7 Å². The van der Waals surface area contributed by atoms with E-state index in [1.807, 2.05) is 12.3 Å². The molecule has 2 aromatic rings. The van der Waals surface area contributed by atoms with Gasteiger partial charge in [0.2, 0.25) is 0 Å². The maximum Gasteiger partial charge on any atom is 0.0490 e. The minimum atomic E-state index is 1.07. The summed E-state index contributed by atoms with van der Waals surface area (Å²) in [7, 11) is 0. The van der Waals surface area contributed by atoms with Crippen LogP contribution in [0.3, 0.4) is 0 Å². The molecule has 0 atom stereocenters. The maximum atomic E-state index is 7.08. The summed E-state index contributed by atoms with van der Waals surface area (Å²) in [6.07, 6.45) is 6.76. The number of rotatable bonds is 5. The van der Waals surface area contributed by atoms with Crippen LogP contribution in [0.2, 0.25) is 0 Å². The van der Waals surface area contributed by atoms with Gasteiger partial charge in [0.1, 0.15) is 0 Å². The number of hydrogen-bond donors (Lipinski definition) is 1. The van der Waals surface area contributed by atoms with Crippen LogP contribution in [0.25, 0.3) is 6.08 Å². The van der Waals surface area contributed by atoms with Gasteiger partial charge in [-0.3, -0.25) is 0 Å². The lowest BCUT2D eigenvalue weighted by Gasteiger charge is -2.23. The van der Waals surface area contributed by atoms with Gasteiger partial charge in [0.25, 0.3) is 0 Å². The summed E-state index contributed by atoms with van der Waals surface area (Å²) in [5.74, 6) is 0. The van der Waals surface area contributed by atoms with Crippen molar-refractivity contribution in [2.45, 2.75) is 13.8 Å². The Kier molecular flexibility index (Phi) is 4.72. The van der Waals surface area contributed by atoms with Gasteiger partial charge >= 0.3 is 0 Å². The fraction of sp³-hybridized carbons (Fsp3) is 0.105. The predicted octanol–water partition coefficient (Wildman–Crippen LogP) is 5.25. The molecule has 0 aliphatic rings. The van der Waals surface area contributed by atoms with Crippen LogP contribution in [-0.2, 0) is 0 Å². The molecule has 0 heterocycles. The minimum Gasteiger partial charge on any atom is -0.317 e. The number of benzene rings is 2. The Balaban J connectivity index is 2.46. The van der Waals surface area contributed by atoms with E-state index in [1.54, 1.807) is 6.08 Å². The molecule has 2 heteroatoms. The van der Waals surface area contributed by atoms with Crippen molar-refractivity contribution in [3.63, 3.8) is 0 Å². The highest BCUT2D eigenvalue weighted by Gasteiger charge is 2.09. The van der Waals surface area contributed by atoms with E-state index < -0.39 is 0 Å². The van der Waals surface area contributed by atoms with Gasteiger partial charge < -0.3 is 10.3 Å². The van der Waals surface area contributed by atoms with E-state index in [9.17, 15) is 0 Å². The molecule has 21 heavy (non-hydrogen) atoms. The molecule has 0 spiro atoms. The number of anilines is 2. The smallest absolute Gasteiger partial charge is 0.0490 e. The van der Waals surface area contributed by atoms with E-state index >= 15 is 0 Å². The number of nitrogens with one attached hydrogen (secondary N) is 1. The summed E-state index contributed by atoms with van der Waals surface area (Å²) >= 11 is 0. The molecule has 0 bridgehead atoms. The number of nitrogens with zero attached hydrogens (tertiary/aromatic N) is 1. The van der Waals surface area contributed by atoms with E-state index in [0.29, 0.717) is 0 Å². The molecule has 2 aromatic carbocycles. The maximum absolute atomic E-state index is 7.08. The van der Waals surface area contributed by atoms with Crippen LogP contribution in [-0.4, -0.2) is 6.21 Å². The molecule has 0 unspecified atom stereocenters. The van der Waals surface area contributed by atoms with E-state index in [2.05, 4.69) is 67.8 Å². The highest BCUT2D eigenvalue weighted by atomic mass is 15.1. The highest BCUT2D eigenvalue weighted by Crippen LogP contribution is 2.30. The average Bonchev–Trinajstić information content (AvgIpc) is 2.50. The predicted molar refractivity (Wildman–Crippen MR) is 92.5 cm³/mol. The van der Waals surface area contributed by atoms with Crippen molar-refractivity contribution in [3.8, 4) is 0 Å². The second-order valence-electron chi connectivity index (χ2n) is 4.96. The molecule has 2 nitrogen and oxygen atoms in total. The van der Waals surface area contributed by atoms with E-state index in [-0.39, 0.29) is 0 Å². The van der Waals surface area contributed by atoms with Crippen molar-refractivity contribution in [3.05, 3.63) is 78.0 Å². The van der Waals surface area contributed by atoms with Gasteiger partial charge in [0.15, 0.2) is 0 Å². The third kappa shape index (κ3) is 3.48. The van der Waals surface area contributed by atoms with Crippen molar-refractivity contribution < 1.29 is 0 Å². The second kappa shape index (κ2) is 6.71. The van der Waals surface area contributed by atoms with Crippen molar-refractivity contribution in [2.75, 3.05) is 4.90 Å². The van der Waals surface area contributed by atoms with E-state index in [0.717, 1.165) is 16.9 Å². The molecule has 2 rings (SSSR count). The zero-order valence-electron chi connectivity index (χ0n) is 12.5. The largest absolute Gasteiger partial charge is 0.317 e. The molecule has 106 valence electrons. The lowest BCUT2D eigenvalue weighted by atomic mass is 10.1. The van der Waals surface area contributed by atoms with E-state index in [1.165, 1.54) is 17.3 Å². The van der Waals surface area contributed by atoms with Crippen LogP contribution in [0.15, 0.2) is 61.3 Å². The van der Waals surface area contributed by atoms with Gasteiger partial charge in [-0.05, 0) is 49.2 Å². The van der Waals surface area contributed by atoms with Gasteiger partial charge in [-0.1, -0.05) is 42.5 Å². The zero-order valence-corrected chi connectivity index (χ0v) is 12.5. The lowest BCUT2D eigenvalue weighted by molar-refractivity contribution is 1.25. The van der Waals surface area contributed by atoms with Crippen molar-refractivity contribution >= 4 is 23.7 Å². The SMILES string of the molecule is C=CN(c1ccc(C)cc1)c1cc(/C=C/C=N)ccc1C. The van der Waals surface area contributed by atoms with Crippen LogP contribution < -0.4 is 4.90 Å². The van der Waals surface area contributed by atoms with Crippen LogP contribution >= 0.6 is 0 Å². The summed E-state index contributed by atoms with van der Waals surface area (Å²) in [6, 6.07) is 14.6. The fourth-order valence-corrected chi connectivity index (χ4v) is 2.20. The Hall–Kier alpha value is -2.61. The number of aryl methyl sites for hydroxylation is 2. The Morgan fingerprint density at radius 1 is 1.05 bits per heavy atom. The van der Waals surface area contributed by atoms with Gasteiger partial charge in [-0.15, -0.1) is 0 Å². The topological polar surface area (TPSA) is 27.1 Å². The zero-order chi connectivity index (χ0) is 15.2. The summed E-state index contributed by atoms with van der Waals surface area (Å²) < 4.78 is 0. The summed E-state index contributed by atoms with van der Waals surface area (Å²) in [5, 5.41) is 7.08. The summed E-state index contributed by atoms with van der Waals surface area (Å²) in [4.78, 5) is 2.08. The molecule has 0 fully saturated rings. The monoisotopic (exact) mass is 276 g/mol. The molecule has 0 aromatic heterocycles. The van der Waals surface area contributed by atoms with Crippen molar-refractivity contribution in [1.29, 1.82) is 5.41 Å². The first-order valence-electron chi connectivity index (χ1n) is 6.92. The molecule has 0 aliphatic carbocycles. The average molecular weight is 276 g/mol. The first-order valence-corrected chi connectivity index (χ1v) is 6.92. The molecule has 0 radical (unpaired) electrons.